The summed E-state index contributed by atoms with van der Waals surface area (Å²) >= 11 is 0. The van der Waals surface area contributed by atoms with E-state index >= 15 is 0 Å². The summed E-state index contributed by atoms with van der Waals surface area (Å²) in [5.74, 6) is 0.630. The van der Waals surface area contributed by atoms with Crippen LogP contribution in [0.25, 0.3) is 0 Å². The normalized spacial score (nSPS) is 12.4. The Kier molecular flexibility index (Phi) is 3.62. The van der Waals surface area contributed by atoms with Crippen molar-refractivity contribution >= 4 is 0 Å². The number of rotatable bonds is 4. The molecular weight excluding hydrogens is 230 g/mol. The molecule has 0 radical (unpaired) electrons. The van der Waals surface area contributed by atoms with Crippen molar-refractivity contribution < 1.29 is 9.84 Å². The van der Waals surface area contributed by atoms with Crippen molar-refractivity contribution in [2.45, 2.75) is 26.5 Å². The molecule has 2 aromatic heterocycles. The highest BCUT2D eigenvalue weighted by atomic mass is 16.5. The van der Waals surface area contributed by atoms with Crippen molar-refractivity contribution in [2.75, 3.05) is 7.11 Å². The van der Waals surface area contributed by atoms with E-state index in [9.17, 15) is 5.11 Å². The van der Waals surface area contributed by atoms with Crippen LogP contribution in [0.2, 0.25) is 0 Å². The molecule has 0 spiro atoms. The molecule has 0 fully saturated rings. The Hall–Kier alpha value is -1.88. The predicted molar refractivity (Wildman–Crippen MR) is 67.5 cm³/mol. The molecule has 5 nitrogen and oxygen atoms in total. The van der Waals surface area contributed by atoms with Gasteiger partial charge < -0.3 is 9.84 Å². The standard InChI is InChI=1S/C13H17N3O2/c1-4-16-12(5-9(2)15-16)13(17)10-6-11(18-3)8-14-7-10/h5-8,13,17H,4H2,1-3H3. The number of ether oxygens (including phenoxy) is 1. The van der Waals surface area contributed by atoms with E-state index in [-0.39, 0.29) is 0 Å². The van der Waals surface area contributed by atoms with Crippen LogP contribution in [0.5, 0.6) is 5.75 Å². The summed E-state index contributed by atoms with van der Waals surface area (Å²) in [7, 11) is 1.58. The SMILES string of the molecule is CCn1nc(C)cc1C(O)c1cncc(OC)c1. The zero-order chi connectivity index (χ0) is 13.1. The quantitative estimate of drug-likeness (QED) is 0.893. The lowest BCUT2D eigenvalue weighted by Crippen LogP contribution is -2.09. The summed E-state index contributed by atoms with van der Waals surface area (Å²) in [4.78, 5) is 4.05. The molecule has 1 N–H and O–H groups in total. The fourth-order valence-corrected chi connectivity index (χ4v) is 1.91. The van der Waals surface area contributed by atoms with Gasteiger partial charge >= 0.3 is 0 Å². The van der Waals surface area contributed by atoms with E-state index in [0.29, 0.717) is 11.3 Å². The van der Waals surface area contributed by atoms with Crippen molar-refractivity contribution in [2.24, 2.45) is 0 Å². The van der Waals surface area contributed by atoms with Crippen molar-refractivity contribution in [3.8, 4) is 5.75 Å². The first-order valence-corrected chi connectivity index (χ1v) is 5.87. The molecule has 0 saturated heterocycles. The molecule has 1 atom stereocenters. The van der Waals surface area contributed by atoms with E-state index in [1.54, 1.807) is 30.3 Å². The van der Waals surface area contributed by atoms with E-state index in [4.69, 9.17) is 4.74 Å². The third-order valence-corrected chi connectivity index (χ3v) is 2.80. The Balaban J connectivity index is 2.37. The Morgan fingerprint density at radius 3 is 2.83 bits per heavy atom. The first-order chi connectivity index (χ1) is 8.65. The highest BCUT2D eigenvalue weighted by Gasteiger charge is 2.17. The predicted octanol–water partition coefficient (Wildman–Crippen LogP) is 1.70. The van der Waals surface area contributed by atoms with Crippen LogP contribution < -0.4 is 4.74 Å². The summed E-state index contributed by atoms with van der Waals surface area (Å²) in [5, 5.41) is 14.7. The third-order valence-electron chi connectivity index (χ3n) is 2.80. The molecule has 0 amide bonds. The summed E-state index contributed by atoms with van der Waals surface area (Å²) < 4.78 is 6.90. The summed E-state index contributed by atoms with van der Waals surface area (Å²) in [6.07, 6.45) is 2.50. The van der Waals surface area contributed by atoms with Crippen LogP contribution in [0.1, 0.15) is 30.0 Å². The van der Waals surface area contributed by atoms with Crippen molar-refractivity contribution in [3.05, 3.63) is 41.5 Å². The van der Waals surface area contributed by atoms with Gasteiger partial charge in [0.25, 0.3) is 0 Å². The lowest BCUT2D eigenvalue weighted by atomic mass is 10.1. The first-order valence-electron chi connectivity index (χ1n) is 5.87. The highest BCUT2D eigenvalue weighted by Crippen LogP contribution is 2.24. The number of nitrogens with zero attached hydrogens (tertiary/aromatic N) is 3. The number of aliphatic hydroxyl groups excluding tert-OH is 1. The minimum atomic E-state index is -0.742. The number of hydrogen-bond acceptors (Lipinski definition) is 4. The fourth-order valence-electron chi connectivity index (χ4n) is 1.91. The topological polar surface area (TPSA) is 60.2 Å². The molecule has 0 aliphatic rings. The largest absolute Gasteiger partial charge is 0.495 e. The van der Waals surface area contributed by atoms with Gasteiger partial charge in [-0.1, -0.05) is 0 Å². The molecule has 0 aliphatic heterocycles. The Bertz CT molecular complexity index is 537. The van der Waals surface area contributed by atoms with Crippen LogP contribution in [-0.4, -0.2) is 27.0 Å². The summed E-state index contributed by atoms with van der Waals surface area (Å²) in [5.41, 5.74) is 2.36. The molecule has 1 unspecified atom stereocenters. The number of pyridine rings is 1. The number of aromatic nitrogens is 3. The average Bonchev–Trinajstić information content (AvgIpc) is 2.79. The summed E-state index contributed by atoms with van der Waals surface area (Å²) in [6.45, 7) is 4.62. The zero-order valence-corrected chi connectivity index (χ0v) is 10.8. The van der Waals surface area contributed by atoms with E-state index < -0.39 is 6.10 Å². The highest BCUT2D eigenvalue weighted by molar-refractivity contribution is 5.30. The third kappa shape index (κ3) is 2.36. The Morgan fingerprint density at radius 1 is 1.39 bits per heavy atom. The molecule has 18 heavy (non-hydrogen) atoms. The number of hydrogen-bond donors (Lipinski definition) is 1. The molecule has 5 heteroatoms. The van der Waals surface area contributed by atoms with Crippen LogP contribution in [0, 0.1) is 6.92 Å². The number of aryl methyl sites for hydroxylation is 2. The van der Waals surface area contributed by atoms with Gasteiger partial charge in [-0.25, -0.2) is 0 Å². The second-order valence-corrected chi connectivity index (χ2v) is 4.09. The van der Waals surface area contributed by atoms with Crippen molar-refractivity contribution in [1.82, 2.24) is 14.8 Å². The number of methoxy groups -OCH3 is 1. The maximum absolute atomic E-state index is 10.4. The van der Waals surface area contributed by atoms with Crippen LogP contribution in [0.3, 0.4) is 0 Å². The Morgan fingerprint density at radius 2 is 2.17 bits per heavy atom. The Labute approximate surface area is 106 Å². The lowest BCUT2D eigenvalue weighted by Gasteiger charge is -2.13. The van der Waals surface area contributed by atoms with E-state index in [2.05, 4.69) is 10.1 Å². The summed E-state index contributed by atoms with van der Waals surface area (Å²) in [6, 6.07) is 3.66. The molecule has 2 aromatic rings. The van der Waals surface area contributed by atoms with Crippen molar-refractivity contribution in [1.29, 1.82) is 0 Å². The van der Waals surface area contributed by atoms with Crippen LogP contribution in [0.15, 0.2) is 24.5 Å². The molecule has 0 aliphatic carbocycles. The van der Waals surface area contributed by atoms with Gasteiger partial charge in [0, 0.05) is 18.3 Å². The van der Waals surface area contributed by atoms with Gasteiger partial charge in [0.2, 0.25) is 0 Å². The maximum atomic E-state index is 10.4. The monoisotopic (exact) mass is 247 g/mol. The van der Waals surface area contributed by atoms with E-state index in [0.717, 1.165) is 17.9 Å². The average molecular weight is 247 g/mol. The molecule has 2 rings (SSSR count). The second kappa shape index (κ2) is 5.18. The second-order valence-electron chi connectivity index (χ2n) is 4.09. The van der Waals surface area contributed by atoms with Gasteiger partial charge in [0.05, 0.1) is 24.7 Å². The first kappa shape index (κ1) is 12.6. The fraction of sp³-hybridized carbons (Fsp3) is 0.385. The van der Waals surface area contributed by atoms with Crippen LogP contribution in [-0.2, 0) is 6.54 Å². The molecular formula is C13H17N3O2. The minimum absolute atomic E-state index is 0.630. The molecule has 0 saturated carbocycles. The molecule has 0 aromatic carbocycles. The molecule has 2 heterocycles. The molecule has 96 valence electrons. The number of aliphatic hydroxyl groups is 1. The van der Waals surface area contributed by atoms with Crippen LogP contribution in [0.4, 0.5) is 0 Å². The minimum Gasteiger partial charge on any atom is -0.495 e. The molecule has 0 bridgehead atoms. The van der Waals surface area contributed by atoms with Gasteiger partial charge in [0.1, 0.15) is 11.9 Å². The van der Waals surface area contributed by atoms with E-state index in [1.807, 2.05) is 19.9 Å². The van der Waals surface area contributed by atoms with Crippen molar-refractivity contribution in [3.63, 3.8) is 0 Å². The van der Waals surface area contributed by atoms with Crippen LogP contribution >= 0.6 is 0 Å². The van der Waals surface area contributed by atoms with Gasteiger partial charge in [-0.2, -0.15) is 5.10 Å². The van der Waals surface area contributed by atoms with E-state index in [1.165, 1.54) is 0 Å². The maximum Gasteiger partial charge on any atom is 0.137 e. The zero-order valence-electron chi connectivity index (χ0n) is 10.8. The lowest BCUT2D eigenvalue weighted by molar-refractivity contribution is 0.207. The van der Waals surface area contributed by atoms with Gasteiger partial charge in [-0.3, -0.25) is 9.67 Å². The van der Waals surface area contributed by atoms with Gasteiger partial charge in [-0.05, 0) is 26.0 Å². The van der Waals surface area contributed by atoms with Gasteiger partial charge in [0.15, 0.2) is 0 Å². The smallest absolute Gasteiger partial charge is 0.137 e. The van der Waals surface area contributed by atoms with Gasteiger partial charge in [-0.15, -0.1) is 0 Å².